The van der Waals surface area contributed by atoms with Crippen molar-refractivity contribution < 1.29 is 14.3 Å². The molecule has 0 aliphatic carbocycles. The van der Waals surface area contributed by atoms with Gasteiger partial charge in [0, 0.05) is 18.7 Å². The van der Waals surface area contributed by atoms with Crippen LogP contribution in [0.2, 0.25) is 0 Å². The van der Waals surface area contributed by atoms with E-state index in [0.717, 1.165) is 12.0 Å². The molecular weight excluding hydrogens is 352 g/mol. The van der Waals surface area contributed by atoms with Crippen molar-refractivity contribution in [3.63, 3.8) is 0 Å². The number of nitrogens with two attached hydrogens (primary N) is 1. The summed E-state index contributed by atoms with van der Waals surface area (Å²) in [5, 5.41) is 0. The van der Waals surface area contributed by atoms with Crippen molar-refractivity contribution >= 4 is 18.3 Å². The Labute approximate surface area is 161 Å². The average molecular weight is 379 g/mol. The lowest BCUT2D eigenvalue weighted by Crippen LogP contribution is -2.32. The lowest BCUT2D eigenvalue weighted by molar-refractivity contribution is 0.0742. The molecule has 0 aliphatic rings. The molecule has 0 saturated heterocycles. The predicted molar refractivity (Wildman–Crippen MR) is 106 cm³/mol. The molecular formula is C20H27ClN2O3. The van der Waals surface area contributed by atoms with Crippen molar-refractivity contribution in [3.05, 3.63) is 59.7 Å². The highest BCUT2D eigenvalue weighted by molar-refractivity contribution is 5.95. The molecule has 2 rings (SSSR count). The first-order chi connectivity index (χ1) is 12.2. The summed E-state index contributed by atoms with van der Waals surface area (Å²) in [7, 11) is 1.57. The molecule has 0 fully saturated rings. The Bertz CT molecular complexity index is 680. The quantitative estimate of drug-likeness (QED) is 0.725. The zero-order chi connectivity index (χ0) is 18.1. The maximum absolute atomic E-state index is 13.0. The van der Waals surface area contributed by atoms with Crippen molar-refractivity contribution in [2.45, 2.75) is 19.9 Å². The molecule has 6 heteroatoms. The van der Waals surface area contributed by atoms with Crippen molar-refractivity contribution in [1.29, 1.82) is 0 Å². The normalized spacial score (nSPS) is 9.96. The van der Waals surface area contributed by atoms with Crippen molar-refractivity contribution in [3.8, 4) is 11.5 Å². The van der Waals surface area contributed by atoms with Gasteiger partial charge in [-0.2, -0.15) is 0 Å². The second-order valence-corrected chi connectivity index (χ2v) is 5.65. The highest BCUT2D eigenvalue weighted by Gasteiger charge is 2.18. The van der Waals surface area contributed by atoms with Gasteiger partial charge in [-0.3, -0.25) is 4.79 Å². The fourth-order valence-corrected chi connectivity index (χ4v) is 2.60. The van der Waals surface area contributed by atoms with Crippen LogP contribution in [0, 0.1) is 0 Å². The first kappa shape index (κ1) is 21.8. The van der Waals surface area contributed by atoms with Gasteiger partial charge in [-0.25, -0.2) is 0 Å². The zero-order valence-electron chi connectivity index (χ0n) is 15.3. The van der Waals surface area contributed by atoms with E-state index in [-0.39, 0.29) is 18.3 Å². The van der Waals surface area contributed by atoms with Crippen LogP contribution in [-0.2, 0) is 6.54 Å². The van der Waals surface area contributed by atoms with Gasteiger partial charge >= 0.3 is 0 Å². The minimum atomic E-state index is -0.0429. The molecule has 2 aromatic rings. The molecule has 0 heterocycles. The first-order valence-electron chi connectivity index (χ1n) is 8.53. The Balaban J connectivity index is 0.00000338. The van der Waals surface area contributed by atoms with E-state index in [1.165, 1.54) is 0 Å². The van der Waals surface area contributed by atoms with Gasteiger partial charge in [0.25, 0.3) is 5.91 Å². The molecule has 0 unspecified atom stereocenters. The number of halogens is 1. The van der Waals surface area contributed by atoms with Crippen LogP contribution in [0.25, 0.3) is 0 Å². The Morgan fingerprint density at radius 2 is 1.85 bits per heavy atom. The second kappa shape index (κ2) is 11.4. The molecule has 0 saturated carbocycles. The summed E-state index contributed by atoms with van der Waals surface area (Å²) in [6.07, 6.45) is 0.757. The van der Waals surface area contributed by atoms with Gasteiger partial charge in [-0.1, -0.05) is 30.3 Å². The first-order valence-corrected chi connectivity index (χ1v) is 8.53. The highest BCUT2D eigenvalue weighted by Crippen LogP contribution is 2.28. The highest BCUT2D eigenvalue weighted by atomic mass is 35.5. The molecule has 0 radical (unpaired) electrons. The maximum atomic E-state index is 13.0. The maximum Gasteiger partial charge on any atom is 0.254 e. The molecule has 26 heavy (non-hydrogen) atoms. The van der Waals surface area contributed by atoms with Gasteiger partial charge in [-0.15, -0.1) is 12.4 Å². The Morgan fingerprint density at radius 1 is 1.12 bits per heavy atom. The van der Waals surface area contributed by atoms with Gasteiger partial charge in [0.05, 0.1) is 13.7 Å². The van der Waals surface area contributed by atoms with Crippen molar-refractivity contribution in [2.75, 3.05) is 26.8 Å². The van der Waals surface area contributed by atoms with Crippen LogP contribution in [0.15, 0.2) is 48.5 Å². The van der Waals surface area contributed by atoms with Gasteiger partial charge in [0.2, 0.25) is 0 Å². The van der Waals surface area contributed by atoms with Crippen LogP contribution in [-0.4, -0.2) is 37.6 Å². The third kappa shape index (κ3) is 5.93. The predicted octanol–water partition coefficient (Wildman–Crippen LogP) is 3.51. The van der Waals surface area contributed by atoms with Gasteiger partial charge in [0.15, 0.2) is 11.5 Å². The Hall–Kier alpha value is -2.24. The van der Waals surface area contributed by atoms with Crippen LogP contribution in [0.3, 0.4) is 0 Å². The minimum absolute atomic E-state index is 0. The van der Waals surface area contributed by atoms with Crippen LogP contribution < -0.4 is 15.2 Å². The summed E-state index contributed by atoms with van der Waals surface area (Å²) in [4.78, 5) is 14.8. The van der Waals surface area contributed by atoms with Crippen LogP contribution in [0.5, 0.6) is 11.5 Å². The van der Waals surface area contributed by atoms with Gasteiger partial charge in [-0.05, 0) is 43.7 Å². The zero-order valence-corrected chi connectivity index (χ0v) is 16.1. The Kier molecular flexibility index (Phi) is 9.55. The molecule has 0 spiro atoms. The third-order valence-electron chi connectivity index (χ3n) is 3.85. The van der Waals surface area contributed by atoms with E-state index in [4.69, 9.17) is 15.2 Å². The van der Waals surface area contributed by atoms with E-state index < -0.39 is 0 Å². The smallest absolute Gasteiger partial charge is 0.254 e. The molecule has 0 atom stereocenters. The molecule has 5 nitrogen and oxygen atoms in total. The number of carbonyl (C=O) groups is 1. The van der Waals surface area contributed by atoms with Crippen molar-refractivity contribution in [2.24, 2.45) is 5.73 Å². The number of carbonyl (C=O) groups excluding carboxylic acids is 1. The van der Waals surface area contributed by atoms with E-state index in [1.807, 2.05) is 42.2 Å². The fraction of sp³-hybridized carbons (Fsp3) is 0.350. The van der Waals surface area contributed by atoms with Gasteiger partial charge in [0.1, 0.15) is 0 Å². The molecule has 142 valence electrons. The lowest BCUT2D eigenvalue weighted by atomic mass is 10.1. The average Bonchev–Trinajstić information content (AvgIpc) is 2.66. The summed E-state index contributed by atoms with van der Waals surface area (Å²) >= 11 is 0. The van der Waals surface area contributed by atoms with Crippen LogP contribution in [0.4, 0.5) is 0 Å². The van der Waals surface area contributed by atoms with E-state index >= 15 is 0 Å². The SMILES string of the molecule is CCOc1ccc(C(=O)N(CCCN)Cc2ccccc2)cc1OC.Cl. The Morgan fingerprint density at radius 3 is 2.46 bits per heavy atom. The number of ether oxygens (including phenoxy) is 2. The van der Waals surface area contributed by atoms with Crippen molar-refractivity contribution in [1.82, 2.24) is 4.90 Å². The van der Waals surface area contributed by atoms with Crippen LogP contribution >= 0.6 is 12.4 Å². The summed E-state index contributed by atoms with van der Waals surface area (Å²) in [6.45, 7) is 4.16. The van der Waals surface area contributed by atoms with E-state index in [0.29, 0.717) is 43.3 Å². The molecule has 1 amide bonds. The number of amides is 1. The molecule has 0 aromatic heterocycles. The van der Waals surface area contributed by atoms with Gasteiger partial charge < -0.3 is 20.1 Å². The summed E-state index contributed by atoms with van der Waals surface area (Å²) in [6, 6.07) is 15.2. The number of hydrogen-bond acceptors (Lipinski definition) is 4. The number of rotatable bonds is 9. The number of benzene rings is 2. The second-order valence-electron chi connectivity index (χ2n) is 5.65. The number of hydrogen-bond donors (Lipinski definition) is 1. The molecule has 2 N–H and O–H groups in total. The number of nitrogens with zero attached hydrogens (tertiary/aromatic N) is 1. The molecule has 2 aromatic carbocycles. The largest absolute Gasteiger partial charge is 0.493 e. The lowest BCUT2D eigenvalue weighted by Gasteiger charge is -2.23. The summed E-state index contributed by atoms with van der Waals surface area (Å²) in [5.41, 5.74) is 7.30. The van der Waals surface area contributed by atoms with Crippen LogP contribution in [0.1, 0.15) is 29.3 Å². The standard InChI is InChI=1S/C20H26N2O3.ClH/c1-3-25-18-11-10-17(14-19(18)24-2)20(23)22(13-7-12-21)15-16-8-5-4-6-9-16;/h4-6,8-11,14H,3,7,12-13,15,21H2,1-2H3;1H. The minimum Gasteiger partial charge on any atom is -0.493 e. The number of methoxy groups -OCH3 is 1. The molecule has 0 aliphatic heterocycles. The van der Waals surface area contributed by atoms with E-state index in [2.05, 4.69) is 0 Å². The molecule has 0 bridgehead atoms. The third-order valence-corrected chi connectivity index (χ3v) is 3.85. The summed E-state index contributed by atoms with van der Waals surface area (Å²) in [5.74, 6) is 1.16. The topological polar surface area (TPSA) is 64.8 Å². The monoisotopic (exact) mass is 378 g/mol. The summed E-state index contributed by atoms with van der Waals surface area (Å²) < 4.78 is 10.9. The fourth-order valence-electron chi connectivity index (χ4n) is 2.60. The van der Waals surface area contributed by atoms with E-state index in [1.54, 1.807) is 25.3 Å². The van der Waals surface area contributed by atoms with E-state index in [9.17, 15) is 4.79 Å².